The van der Waals surface area contributed by atoms with E-state index in [4.69, 9.17) is 0 Å². The normalized spacial score (nSPS) is 11.1. The maximum atomic E-state index is 13.9. The van der Waals surface area contributed by atoms with Gasteiger partial charge in [-0.3, -0.25) is 29.8 Å². The van der Waals surface area contributed by atoms with Gasteiger partial charge in [0.15, 0.2) is 11.6 Å². The Kier molecular flexibility index (Phi) is 7.73. The minimum atomic E-state index is -4.49. The van der Waals surface area contributed by atoms with Gasteiger partial charge in [0.1, 0.15) is 0 Å². The number of Topliss-reactive ketones (excluding diaryl/α,β-unsaturated/α-hetero) is 2. The third-order valence-electron chi connectivity index (χ3n) is 5.98. The van der Waals surface area contributed by atoms with Crippen molar-refractivity contribution in [3.8, 4) is 0 Å². The molecular formula is C28H20N2O8S. The highest BCUT2D eigenvalue weighted by Gasteiger charge is 2.29. The number of nitro groups is 2. The fourth-order valence-corrected chi connectivity index (χ4v) is 5.76. The lowest BCUT2D eigenvalue weighted by molar-refractivity contribution is -0.385. The predicted molar refractivity (Wildman–Crippen MR) is 141 cm³/mol. The summed E-state index contributed by atoms with van der Waals surface area (Å²) in [7, 11) is -4.49. The lowest BCUT2D eigenvalue weighted by Gasteiger charge is -2.14. The van der Waals surface area contributed by atoms with Crippen LogP contribution in [-0.2, 0) is 22.7 Å². The predicted octanol–water partition coefficient (Wildman–Crippen LogP) is 5.19. The van der Waals surface area contributed by atoms with E-state index in [0.717, 1.165) is 36.4 Å². The lowest BCUT2D eigenvalue weighted by atomic mass is 10.0. The number of carbonyl (C=O) groups is 2. The van der Waals surface area contributed by atoms with Crippen LogP contribution in [0.1, 0.15) is 31.8 Å². The first kappa shape index (κ1) is 27.0. The molecule has 0 radical (unpaired) electrons. The number of sulfone groups is 1. The van der Waals surface area contributed by atoms with E-state index in [-0.39, 0.29) is 32.0 Å². The molecule has 0 aliphatic heterocycles. The Balaban J connectivity index is 1.83. The Morgan fingerprint density at radius 3 is 1.28 bits per heavy atom. The maximum Gasteiger partial charge on any atom is 0.269 e. The topological polar surface area (TPSA) is 155 Å². The summed E-state index contributed by atoms with van der Waals surface area (Å²) in [5.74, 6) is -0.925. The monoisotopic (exact) mass is 544 g/mol. The average molecular weight is 545 g/mol. The molecule has 0 fully saturated rings. The zero-order chi connectivity index (χ0) is 28.2. The molecule has 10 nitrogen and oxygen atoms in total. The minimum absolute atomic E-state index is 0.114. The van der Waals surface area contributed by atoms with Gasteiger partial charge in [-0.1, -0.05) is 60.7 Å². The van der Waals surface area contributed by atoms with E-state index in [9.17, 15) is 38.2 Å². The van der Waals surface area contributed by atoms with Crippen LogP contribution in [0, 0.1) is 20.2 Å². The molecule has 0 aromatic heterocycles. The van der Waals surface area contributed by atoms with Crippen LogP contribution in [0.5, 0.6) is 0 Å². The average Bonchev–Trinajstić information content (AvgIpc) is 2.93. The van der Waals surface area contributed by atoms with Crippen molar-refractivity contribution in [3.05, 3.63) is 140 Å². The molecule has 0 saturated heterocycles. The molecule has 4 aromatic rings. The van der Waals surface area contributed by atoms with Gasteiger partial charge in [0.2, 0.25) is 9.84 Å². The molecule has 0 unspecified atom stereocenters. The zero-order valence-electron chi connectivity index (χ0n) is 20.2. The highest BCUT2D eigenvalue weighted by molar-refractivity contribution is 7.91. The maximum absolute atomic E-state index is 13.9. The molecular weight excluding hydrogens is 524 g/mol. The summed E-state index contributed by atoms with van der Waals surface area (Å²) in [5, 5.41) is 22.8. The first-order chi connectivity index (χ1) is 18.6. The zero-order valence-corrected chi connectivity index (χ0v) is 21.0. The molecule has 0 saturated carbocycles. The van der Waals surface area contributed by atoms with Gasteiger partial charge in [-0.05, 0) is 23.3 Å². The van der Waals surface area contributed by atoms with Crippen LogP contribution in [0.4, 0.5) is 11.4 Å². The number of rotatable bonds is 10. The number of ketones is 2. The van der Waals surface area contributed by atoms with Gasteiger partial charge in [-0.25, -0.2) is 8.42 Å². The molecule has 0 atom stereocenters. The second-order valence-corrected chi connectivity index (χ2v) is 10.4. The van der Waals surface area contributed by atoms with Crippen molar-refractivity contribution in [1.29, 1.82) is 0 Å². The number of hydrogen-bond donors (Lipinski definition) is 0. The van der Waals surface area contributed by atoms with Crippen LogP contribution in [-0.4, -0.2) is 29.8 Å². The van der Waals surface area contributed by atoms with Crippen molar-refractivity contribution in [2.45, 2.75) is 22.6 Å². The number of hydrogen-bond acceptors (Lipinski definition) is 8. The molecule has 0 amide bonds. The summed E-state index contributed by atoms with van der Waals surface area (Å²) in [4.78, 5) is 46.5. The Labute approximate surface area is 222 Å². The quantitative estimate of drug-likeness (QED) is 0.150. The number of benzene rings is 4. The first-order valence-electron chi connectivity index (χ1n) is 11.5. The Morgan fingerprint density at radius 1 is 0.590 bits per heavy atom. The second kappa shape index (κ2) is 11.2. The second-order valence-electron chi connectivity index (χ2n) is 8.53. The molecule has 0 aliphatic carbocycles. The van der Waals surface area contributed by atoms with Crippen LogP contribution in [0.15, 0.2) is 107 Å². The Morgan fingerprint density at radius 2 is 0.949 bits per heavy atom. The fraction of sp³-hybridized carbons (Fsp3) is 0.0714. The molecule has 0 bridgehead atoms. The van der Waals surface area contributed by atoms with Crippen molar-refractivity contribution in [3.63, 3.8) is 0 Å². The molecule has 4 aromatic carbocycles. The molecule has 0 heterocycles. The van der Waals surface area contributed by atoms with Crippen LogP contribution in [0.3, 0.4) is 0 Å². The summed E-state index contributed by atoms with van der Waals surface area (Å²) in [6, 6.07) is 22.2. The molecule has 11 heteroatoms. The standard InChI is InChI=1S/C28H20N2O8S/c31-25(19-7-3-1-4-8-19)17-21-15-23(29(33)34)11-13-27(21)39(37,38)28-14-12-24(30(35)36)16-22(28)18-26(32)20-9-5-2-6-10-20/h1-16H,17-18H2. The van der Waals surface area contributed by atoms with Crippen molar-refractivity contribution in [2.24, 2.45) is 0 Å². The van der Waals surface area contributed by atoms with Crippen molar-refractivity contribution in [2.75, 3.05) is 0 Å². The Bertz CT molecular complexity index is 1580. The third kappa shape index (κ3) is 5.94. The first-order valence-corrected chi connectivity index (χ1v) is 13.0. The van der Waals surface area contributed by atoms with Gasteiger partial charge in [-0.2, -0.15) is 0 Å². The van der Waals surface area contributed by atoms with Crippen LogP contribution >= 0.6 is 0 Å². The van der Waals surface area contributed by atoms with Crippen LogP contribution in [0.25, 0.3) is 0 Å². The molecule has 0 spiro atoms. The van der Waals surface area contributed by atoms with Gasteiger partial charge >= 0.3 is 0 Å². The van der Waals surface area contributed by atoms with Crippen molar-refractivity contribution in [1.82, 2.24) is 0 Å². The smallest absolute Gasteiger partial charge is 0.269 e. The van der Waals surface area contributed by atoms with E-state index < -0.39 is 55.5 Å². The number of nitro benzene ring substituents is 2. The number of carbonyl (C=O) groups excluding carboxylic acids is 2. The van der Waals surface area contributed by atoms with E-state index in [0.29, 0.717) is 0 Å². The van der Waals surface area contributed by atoms with E-state index in [1.54, 1.807) is 36.4 Å². The molecule has 196 valence electrons. The summed E-state index contributed by atoms with van der Waals surface area (Å²) in [6.45, 7) is 0. The number of non-ortho nitro benzene ring substituents is 2. The van der Waals surface area contributed by atoms with Gasteiger partial charge in [0, 0.05) is 48.2 Å². The lowest BCUT2D eigenvalue weighted by Crippen LogP contribution is -2.14. The van der Waals surface area contributed by atoms with Gasteiger partial charge < -0.3 is 0 Å². The van der Waals surface area contributed by atoms with Crippen molar-refractivity contribution >= 4 is 32.8 Å². The highest BCUT2D eigenvalue weighted by Crippen LogP contribution is 2.32. The molecule has 39 heavy (non-hydrogen) atoms. The summed E-state index contributed by atoms with van der Waals surface area (Å²) >= 11 is 0. The van der Waals surface area contributed by atoms with E-state index in [2.05, 4.69) is 0 Å². The van der Waals surface area contributed by atoms with Crippen molar-refractivity contribution < 1.29 is 27.9 Å². The van der Waals surface area contributed by atoms with Gasteiger partial charge in [0.25, 0.3) is 11.4 Å². The summed E-state index contributed by atoms with van der Waals surface area (Å²) in [6.07, 6.45) is -0.906. The molecule has 0 aliphatic rings. The highest BCUT2D eigenvalue weighted by atomic mass is 32.2. The third-order valence-corrected chi connectivity index (χ3v) is 7.94. The fourth-order valence-electron chi connectivity index (χ4n) is 4.08. The molecule has 0 N–H and O–H groups in total. The largest absolute Gasteiger partial charge is 0.294 e. The van der Waals surface area contributed by atoms with Crippen LogP contribution in [0.2, 0.25) is 0 Å². The summed E-state index contributed by atoms with van der Waals surface area (Å²) < 4.78 is 27.8. The van der Waals surface area contributed by atoms with E-state index >= 15 is 0 Å². The van der Waals surface area contributed by atoms with Gasteiger partial charge in [-0.15, -0.1) is 0 Å². The SMILES string of the molecule is O=C(Cc1cc([N+](=O)[O-])ccc1S(=O)(=O)c1ccc([N+](=O)[O-])cc1CC(=O)c1ccccc1)c1ccccc1. The van der Waals surface area contributed by atoms with E-state index in [1.165, 1.54) is 24.3 Å². The van der Waals surface area contributed by atoms with Gasteiger partial charge in [0.05, 0.1) is 19.6 Å². The minimum Gasteiger partial charge on any atom is -0.294 e. The number of nitrogens with zero attached hydrogens (tertiary/aromatic N) is 2. The Hall–Kier alpha value is -5.03. The molecule has 4 rings (SSSR count). The van der Waals surface area contributed by atoms with Crippen LogP contribution < -0.4 is 0 Å². The van der Waals surface area contributed by atoms with E-state index in [1.807, 2.05) is 0 Å². The summed E-state index contributed by atoms with van der Waals surface area (Å²) in [5.41, 5.74) is -0.469.